The van der Waals surface area contributed by atoms with Gasteiger partial charge in [-0.25, -0.2) is 0 Å². The van der Waals surface area contributed by atoms with Crippen LogP contribution in [0, 0.1) is 0 Å². The number of esters is 1. The van der Waals surface area contributed by atoms with Gasteiger partial charge in [-0.05, 0) is 31.0 Å². The fourth-order valence-corrected chi connectivity index (χ4v) is 1.40. The molecule has 0 saturated carbocycles. The number of hydrogen-bond acceptors (Lipinski definition) is 3. The van der Waals surface area contributed by atoms with Crippen molar-refractivity contribution >= 4 is 5.97 Å². The van der Waals surface area contributed by atoms with Gasteiger partial charge in [-0.2, -0.15) is 0 Å². The Hall–Kier alpha value is -1.77. The first-order valence-corrected chi connectivity index (χ1v) is 5.85. The SMILES string of the molecule is CCC=CCc1cc(O)ccc1OC(=O)CC. The molecule has 92 valence electrons. The van der Waals surface area contributed by atoms with Crippen molar-refractivity contribution in [3.63, 3.8) is 0 Å². The Balaban J connectivity index is 2.87. The quantitative estimate of drug-likeness (QED) is 0.483. The molecule has 0 bridgehead atoms. The highest BCUT2D eigenvalue weighted by Crippen LogP contribution is 2.24. The Labute approximate surface area is 102 Å². The average molecular weight is 234 g/mol. The van der Waals surface area contributed by atoms with E-state index >= 15 is 0 Å². The lowest BCUT2D eigenvalue weighted by atomic mass is 10.1. The monoisotopic (exact) mass is 234 g/mol. The van der Waals surface area contributed by atoms with Crippen LogP contribution >= 0.6 is 0 Å². The first-order chi connectivity index (χ1) is 8.17. The van der Waals surface area contributed by atoms with Gasteiger partial charge in [0, 0.05) is 12.0 Å². The van der Waals surface area contributed by atoms with Crippen LogP contribution in [-0.4, -0.2) is 11.1 Å². The molecule has 0 atom stereocenters. The van der Waals surface area contributed by atoms with E-state index in [4.69, 9.17) is 4.74 Å². The molecule has 1 N–H and O–H groups in total. The molecule has 3 heteroatoms. The van der Waals surface area contributed by atoms with Crippen molar-refractivity contribution in [2.75, 3.05) is 0 Å². The van der Waals surface area contributed by atoms with Gasteiger partial charge >= 0.3 is 5.97 Å². The summed E-state index contributed by atoms with van der Waals surface area (Å²) < 4.78 is 5.20. The summed E-state index contributed by atoms with van der Waals surface area (Å²) in [6, 6.07) is 4.77. The standard InChI is InChI=1S/C14H18O3/c1-3-5-6-7-11-10-12(15)8-9-13(11)17-14(16)4-2/h5-6,8-10,15H,3-4,7H2,1-2H3. The summed E-state index contributed by atoms with van der Waals surface area (Å²) >= 11 is 0. The second kappa shape index (κ2) is 6.74. The van der Waals surface area contributed by atoms with E-state index < -0.39 is 0 Å². The number of allylic oxidation sites excluding steroid dienone is 2. The molecule has 0 aliphatic carbocycles. The zero-order chi connectivity index (χ0) is 12.7. The van der Waals surface area contributed by atoms with Crippen molar-refractivity contribution in [1.29, 1.82) is 0 Å². The molecular formula is C14H18O3. The van der Waals surface area contributed by atoms with Gasteiger partial charge in [0.25, 0.3) is 0 Å². The predicted octanol–water partition coefficient (Wildman–Crippen LogP) is 3.22. The van der Waals surface area contributed by atoms with E-state index in [9.17, 15) is 9.90 Å². The number of ether oxygens (including phenoxy) is 1. The molecule has 1 aromatic rings. The molecule has 17 heavy (non-hydrogen) atoms. The van der Waals surface area contributed by atoms with Gasteiger partial charge in [0.15, 0.2) is 0 Å². The fourth-order valence-electron chi connectivity index (χ4n) is 1.40. The van der Waals surface area contributed by atoms with Gasteiger partial charge in [-0.1, -0.05) is 26.0 Å². The minimum Gasteiger partial charge on any atom is -0.508 e. The Bertz CT molecular complexity index is 408. The van der Waals surface area contributed by atoms with E-state index in [1.807, 2.05) is 12.2 Å². The normalized spacial score (nSPS) is 10.7. The minimum atomic E-state index is -0.267. The lowest BCUT2D eigenvalue weighted by Crippen LogP contribution is -2.07. The maximum atomic E-state index is 11.2. The van der Waals surface area contributed by atoms with Crippen molar-refractivity contribution in [2.45, 2.75) is 33.1 Å². The average Bonchev–Trinajstić information content (AvgIpc) is 2.32. The highest BCUT2D eigenvalue weighted by atomic mass is 16.5. The van der Waals surface area contributed by atoms with E-state index in [1.165, 1.54) is 6.07 Å². The molecule has 0 fully saturated rings. The zero-order valence-electron chi connectivity index (χ0n) is 10.3. The summed E-state index contributed by atoms with van der Waals surface area (Å²) in [4.78, 5) is 11.2. The van der Waals surface area contributed by atoms with Gasteiger partial charge in [0.05, 0.1) is 0 Å². The maximum Gasteiger partial charge on any atom is 0.310 e. The van der Waals surface area contributed by atoms with Gasteiger partial charge in [0.2, 0.25) is 0 Å². The van der Waals surface area contributed by atoms with Crippen LogP contribution in [0.15, 0.2) is 30.4 Å². The molecule has 0 saturated heterocycles. The molecule has 0 aliphatic rings. The lowest BCUT2D eigenvalue weighted by Gasteiger charge is -2.08. The van der Waals surface area contributed by atoms with Crippen molar-refractivity contribution in [3.8, 4) is 11.5 Å². The first-order valence-electron chi connectivity index (χ1n) is 5.85. The second-order valence-electron chi connectivity index (χ2n) is 3.70. The van der Waals surface area contributed by atoms with E-state index in [0.717, 1.165) is 12.0 Å². The van der Waals surface area contributed by atoms with E-state index in [2.05, 4.69) is 6.92 Å². The third kappa shape index (κ3) is 4.31. The third-order valence-corrected chi connectivity index (χ3v) is 2.30. The van der Waals surface area contributed by atoms with Crippen molar-refractivity contribution in [1.82, 2.24) is 0 Å². The fraction of sp³-hybridized carbons (Fsp3) is 0.357. The van der Waals surface area contributed by atoms with Crippen LogP contribution in [0.5, 0.6) is 11.5 Å². The van der Waals surface area contributed by atoms with E-state index in [1.54, 1.807) is 19.1 Å². The minimum absolute atomic E-state index is 0.182. The highest BCUT2D eigenvalue weighted by molar-refractivity contribution is 5.72. The lowest BCUT2D eigenvalue weighted by molar-refractivity contribution is -0.134. The number of carbonyl (C=O) groups is 1. The molecule has 0 radical (unpaired) electrons. The number of carbonyl (C=O) groups excluding carboxylic acids is 1. The van der Waals surface area contributed by atoms with Gasteiger partial charge < -0.3 is 9.84 Å². The highest BCUT2D eigenvalue weighted by Gasteiger charge is 2.07. The molecular weight excluding hydrogens is 216 g/mol. The number of phenolic OH excluding ortho intramolecular Hbond substituents is 1. The summed E-state index contributed by atoms with van der Waals surface area (Å²) in [7, 11) is 0. The largest absolute Gasteiger partial charge is 0.508 e. The van der Waals surface area contributed by atoms with Crippen molar-refractivity contribution in [3.05, 3.63) is 35.9 Å². The Morgan fingerprint density at radius 1 is 1.35 bits per heavy atom. The number of aromatic hydroxyl groups is 1. The second-order valence-corrected chi connectivity index (χ2v) is 3.70. The van der Waals surface area contributed by atoms with E-state index in [-0.39, 0.29) is 11.7 Å². The smallest absolute Gasteiger partial charge is 0.310 e. The molecule has 0 amide bonds. The van der Waals surface area contributed by atoms with Crippen LogP contribution in [0.1, 0.15) is 32.3 Å². The van der Waals surface area contributed by atoms with Gasteiger partial charge in [-0.15, -0.1) is 0 Å². The number of phenols is 1. The third-order valence-electron chi connectivity index (χ3n) is 2.30. The van der Waals surface area contributed by atoms with E-state index in [0.29, 0.717) is 18.6 Å². The molecule has 1 rings (SSSR count). The van der Waals surface area contributed by atoms with Gasteiger partial charge in [0.1, 0.15) is 11.5 Å². The van der Waals surface area contributed by atoms with Crippen LogP contribution in [-0.2, 0) is 11.2 Å². The van der Waals surface area contributed by atoms with Crippen molar-refractivity contribution < 1.29 is 14.6 Å². The predicted molar refractivity (Wildman–Crippen MR) is 67.2 cm³/mol. The number of rotatable bonds is 5. The molecule has 0 spiro atoms. The van der Waals surface area contributed by atoms with Crippen LogP contribution < -0.4 is 4.74 Å². The summed E-state index contributed by atoms with van der Waals surface area (Å²) in [5.74, 6) is 0.438. The summed E-state index contributed by atoms with van der Waals surface area (Å²) in [5, 5.41) is 9.42. The maximum absolute atomic E-state index is 11.2. The number of hydrogen-bond donors (Lipinski definition) is 1. The van der Waals surface area contributed by atoms with Crippen LogP contribution in [0.3, 0.4) is 0 Å². The number of benzene rings is 1. The Morgan fingerprint density at radius 3 is 2.76 bits per heavy atom. The van der Waals surface area contributed by atoms with Crippen LogP contribution in [0.25, 0.3) is 0 Å². The molecule has 0 aromatic heterocycles. The summed E-state index contributed by atoms with van der Waals surface area (Å²) in [5.41, 5.74) is 0.816. The molecule has 0 unspecified atom stereocenters. The Morgan fingerprint density at radius 2 is 2.12 bits per heavy atom. The summed E-state index contributed by atoms with van der Waals surface area (Å²) in [6.45, 7) is 3.80. The van der Waals surface area contributed by atoms with Crippen molar-refractivity contribution in [2.24, 2.45) is 0 Å². The molecule has 0 aliphatic heterocycles. The molecule has 1 aromatic carbocycles. The van der Waals surface area contributed by atoms with Crippen LogP contribution in [0.4, 0.5) is 0 Å². The van der Waals surface area contributed by atoms with Gasteiger partial charge in [-0.3, -0.25) is 4.79 Å². The Kier molecular flexibility index (Phi) is 5.27. The first kappa shape index (κ1) is 13.3. The zero-order valence-corrected chi connectivity index (χ0v) is 10.3. The topological polar surface area (TPSA) is 46.5 Å². The van der Waals surface area contributed by atoms with Crippen LogP contribution in [0.2, 0.25) is 0 Å². The summed E-state index contributed by atoms with van der Waals surface area (Å²) in [6.07, 6.45) is 5.98. The molecule has 0 heterocycles. The molecule has 3 nitrogen and oxygen atoms in total.